The van der Waals surface area contributed by atoms with E-state index in [9.17, 15) is 9.59 Å². The molecule has 1 N–H and O–H groups in total. The Kier molecular flexibility index (Phi) is 6.17. The van der Waals surface area contributed by atoms with Crippen LogP contribution in [-0.2, 0) is 20.7 Å². The van der Waals surface area contributed by atoms with Crippen molar-refractivity contribution in [3.8, 4) is 5.75 Å². The SMILES string of the molecule is COc1ccc(C)cc1CC(=O)OCC(=O)Nc1ccc(C)c(C)c1. The van der Waals surface area contributed by atoms with Crippen molar-refractivity contribution in [2.45, 2.75) is 27.2 Å². The van der Waals surface area contributed by atoms with Gasteiger partial charge in [0, 0.05) is 11.3 Å². The van der Waals surface area contributed by atoms with Gasteiger partial charge in [-0.15, -0.1) is 0 Å². The molecule has 0 aliphatic rings. The first-order valence-corrected chi connectivity index (χ1v) is 8.05. The summed E-state index contributed by atoms with van der Waals surface area (Å²) < 4.78 is 10.3. The number of benzene rings is 2. The van der Waals surface area contributed by atoms with E-state index in [1.165, 1.54) is 0 Å². The van der Waals surface area contributed by atoms with Crippen molar-refractivity contribution in [2.24, 2.45) is 0 Å². The fourth-order valence-electron chi connectivity index (χ4n) is 2.41. The molecule has 132 valence electrons. The highest BCUT2D eigenvalue weighted by Gasteiger charge is 2.12. The zero-order valence-corrected chi connectivity index (χ0v) is 15.0. The molecule has 0 atom stereocenters. The Morgan fingerprint density at radius 3 is 2.44 bits per heavy atom. The van der Waals surface area contributed by atoms with Gasteiger partial charge in [0.1, 0.15) is 5.75 Å². The highest BCUT2D eigenvalue weighted by Crippen LogP contribution is 2.20. The zero-order valence-electron chi connectivity index (χ0n) is 15.0. The number of amides is 1. The van der Waals surface area contributed by atoms with Crippen LogP contribution in [0.3, 0.4) is 0 Å². The maximum atomic E-state index is 12.0. The van der Waals surface area contributed by atoms with Crippen LogP contribution in [0, 0.1) is 20.8 Å². The van der Waals surface area contributed by atoms with E-state index in [-0.39, 0.29) is 18.9 Å². The molecule has 0 aliphatic carbocycles. The van der Waals surface area contributed by atoms with Crippen LogP contribution in [0.1, 0.15) is 22.3 Å². The third-order valence-corrected chi connectivity index (χ3v) is 3.93. The van der Waals surface area contributed by atoms with Gasteiger partial charge in [-0.2, -0.15) is 0 Å². The molecule has 2 rings (SSSR count). The maximum absolute atomic E-state index is 12.0. The summed E-state index contributed by atoms with van der Waals surface area (Å²) in [7, 11) is 1.55. The van der Waals surface area contributed by atoms with E-state index in [2.05, 4.69) is 5.32 Å². The van der Waals surface area contributed by atoms with Crippen LogP contribution in [0.4, 0.5) is 5.69 Å². The van der Waals surface area contributed by atoms with Gasteiger partial charge in [-0.1, -0.05) is 23.8 Å². The van der Waals surface area contributed by atoms with Crippen LogP contribution in [0.25, 0.3) is 0 Å². The second kappa shape index (κ2) is 8.33. The Labute approximate surface area is 148 Å². The predicted octanol–water partition coefficient (Wildman–Crippen LogP) is 3.34. The van der Waals surface area contributed by atoms with Crippen LogP contribution in [0.15, 0.2) is 36.4 Å². The molecule has 0 saturated carbocycles. The highest BCUT2D eigenvalue weighted by atomic mass is 16.5. The van der Waals surface area contributed by atoms with E-state index in [0.717, 1.165) is 22.3 Å². The van der Waals surface area contributed by atoms with Crippen LogP contribution < -0.4 is 10.1 Å². The summed E-state index contributed by atoms with van der Waals surface area (Å²) in [6.45, 7) is 5.59. The number of methoxy groups -OCH3 is 1. The van der Waals surface area contributed by atoms with Gasteiger partial charge < -0.3 is 14.8 Å². The average Bonchev–Trinajstić information content (AvgIpc) is 2.57. The first-order valence-electron chi connectivity index (χ1n) is 8.05. The number of carbonyl (C=O) groups excluding carboxylic acids is 2. The number of esters is 1. The number of anilines is 1. The number of hydrogen-bond acceptors (Lipinski definition) is 4. The van der Waals surface area contributed by atoms with Crippen LogP contribution in [0.2, 0.25) is 0 Å². The lowest BCUT2D eigenvalue weighted by molar-refractivity contribution is -0.146. The first-order chi connectivity index (χ1) is 11.9. The van der Waals surface area contributed by atoms with Gasteiger partial charge in [0.2, 0.25) is 0 Å². The van der Waals surface area contributed by atoms with Gasteiger partial charge in [0.05, 0.1) is 13.5 Å². The molecule has 5 nitrogen and oxygen atoms in total. The quantitative estimate of drug-likeness (QED) is 0.819. The van der Waals surface area contributed by atoms with E-state index in [1.807, 2.05) is 57.2 Å². The van der Waals surface area contributed by atoms with E-state index in [1.54, 1.807) is 7.11 Å². The molecule has 0 unspecified atom stereocenters. The Bertz CT molecular complexity index is 783. The molecular formula is C20H23NO4. The van der Waals surface area contributed by atoms with Crippen molar-refractivity contribution >= 4 is 17.6 Å². The normalized spacial score (nSPS) is 10.2. The third kappa shape index (κ3) is 5.35. The third-order valence-electron chi connectivity index (χ3n) is 3.93. The lowest BCUT2D eigenvalue weighted by Gasteiger charge is -2.10. The number of aryl methyl sites for hydroxylation is 3. The van der Waals surface area contributed by atoms with Gasteiger partial charge >= 0.3 is 5.97 Å². The van der Waals surface area contributed by atoms with Crippen molar-refractivity contribution in [3.63, 3.8) is 0 Å². The first kappa shape index (κ1) is 18.5. The fraction of sp³-hybridized carbons (Fsp3) is 0.300. The standard InChI is InChI=1S/C20H23NO4/c1-13-5-8-18(24-4)16(9-13)11-20(23)25-12-19(22)21-17-7-6-14(2)15(3)10-17/h5-10H,11-12H2,1-4H3,(H,21,22). The fourth-order valence-corrected chi connectivity index (χ4v) is 2.41. The average molecular weight is 341 g/mol. The van der Waals surface area contributed by atoms with Crippen molar-refractivity contribution in [3.05, 3.63) is 58.7 Å². The summed E-state index contributed by atoms with van der Waals surface area (Å²) in [5.41, 5.74) is 4.68. The molecule has 2 aromatic carbocycles. The predicted molar refractivity (Wildman–Crippen MR) is 96.9 cm³/mol. The molecule has 25 heavy (non-hydrogen) atoms. The van der Waals surface area contributed by atoms with E-state index < -0.39 is 5.97 Å². The lowest BCUT2D eigenvalue weighted by atomic mass is 10.1. The molecule has 1 amide bonds. The van der Waals surface area contributed by atoms with Gasteiger partial charge in [-0.05, 0) is 50.1 Å². The second-order valence-corrected chi connectivity index (χ2v) is 6.00. The van der Waals surface area contributed by atoms with Gasteiger partial charge in [-0.3, -0.25) is 9.59 Å². The number of hydrogen-bond donors (Lipinski definition) is 1. The number of carbonyl (C=O) groups is 2. The Morgan fingerprint density at radius 2 is 1.76 bits per heavy atom. The minimum atomic E-state index is -0.473. The molecule has 0 spiro atoms. The monoisotopic (exact) mass is 341 g/mol. The molecule has 0 heterocycles. The molecule has 0 fully saturated rings. The summed E-state index contributed by atoms with van der Waals surface area (Å²) in [4.78, 5) is 23.9. The van der Waals surface area contributed by atoms with Crippen LogP contribution in [0.5, 0.6) is 5.75 Å². The Morgan fingerprint density at radius 1 is 1.00 bits per heavy atom. The largest absolute Gasteiger partial charge is 0.496 e. The zero-order chi connectivity index (χ0) is 18.4. The minimum absolute atomic E-state index is 0.0573. The van der Waals surface area contributed by atoms with E-state index in [4.69, 9.17) is 9.47 Å². The summed E-state index contributed by atoms with van der Waals surface area (Å²) >= 11 is 0. The number of ether oxygens (including phenoxy) is 2. The molecule has 2 aromatic rings. The maximum Gasteiger partial charge on any atom is 0.310 e. The lowest BCUT2D eigenvalue weighted by Crippen LogP contribution is -2.21. The summed E-state index contributed by atoms with van der Waals surface area (Å²) in [5.74, 6) is -0.214. The van der Waals surface area contributed by atoms with Crippen molar-refractivity contribution < 1.29 is 19.1 Å². The summed E-state index contributed by atoms with van der Waals surface area (Å²) in [5, 5.41) is 2.72. The molecule has 0 aromatic heterocycles. The van der Waals surface area contributed by atoms with Crippen molar-refractivity contribution in [1.82, 2.24) is 0 Å². The topological polar surface area (TPSA) is 64.6 Å². The number of nitrogens with one attached hydrogen (secondary N) is 1. The summed E-state index contributed by atoms with van der Waals surface area (Å²) in [6, 6.07) is 11.2. The molecule has 0 radical (unpaired) electrons. The minimum Gasteiger partial charge on any atom is -0.496 e. The smallest absolute Gasteiger partial charge is 0.310 e. The van der Waals surface area contributed by atoms with Crippen LogP contribution in [-0.4, -0.2) is 25.6 Å². The Balaban J connectivity index is 1.88. The molecular weight excluding hydrogens is 318 g/mol. The molecule has 0 saturated heterocycles. The molecule has 0 bridgehead atoms. The van der Waals surface area contributed by atoms with E-state index in [0.29, 0.717) is 11.4 Å². The van der Waals surface area contributed by atoms with Gasteiger partial charge in [0.15, 0.2) is 6.61 Å². The molecule has 0 aliphatic heterocycles. The highest BCUT2D eigenvalue weighted by molar-refractivity contribution is 5.93. The van der Waals surface area contributed by atoms with Gasteiger partial charge in [0.25, 0.3) is 5.91 Å². The summed E-state index contributed by atoms with van der Waals surface area (Å²) in [6.07, 6.45) is 0.0573. The van der Waals surface area contributed by atoms with Crippen molar-refractivity contribution in [2.75, 3.05) is 19.0 Å². The second-order valence-electron chi connectivity index (χ2n) is 6.00. The Hall–Kier alpha value is -2.82. The van der Waals surface area contributed by atoms with Crippen LogP contribution >= 0.6 is 0 Å². The molecule has 5 heteroatoms. The number of rotatable bonds is 6. The van der Waals surface area contributed by atoms with Crippen molar-refractivity contribution in [1.29, 1.82) is 0 Å². The van der Waals surface area contributed by atoms with E-state index >= 15 is 0 Å². The van der Waals surface area contributed by atoms with Gasteiger partial charge in [-0.25, -0.2) is 0 Å².